The summed E-state index contributed by atoms with van der Waals surface area (Å²) >= 11 is 2.38. The highest BCUT2D eigenvalue weighted by Crippen LogP contribution is 2.36. The molecule has 3 aromatic carbocycles. The molecule has 0 atom stereocenters. The molecular formula is C16H10BIO. The van der Waals surface area contributed by atoms with Gasteiger partial charge in [-0.15, -0.1) is 0 Å². The van der Waals surface area contributed by atoms with E-state index in [0.717, 1.165) is 11.2 Å². The molecule has 0 fully saturated rings. The number of benzene rings is 3. The Hall–Kier alpha value is -1.49. The number of rotatable bonds is 0. The minimum absolute atomic E-state index is 0.966. The fraction of sp³-hybridized carbons (Fsp3) is 0. The normalized spacial score (nSPS) is 11.6. The van der Waals surface area contributed by atoms with Gasteiger partial charge in [0.1, 0.15) is 19.0 Å². The van der Waals surface area contributed by atoms with E-state index in [1.165, 1.54) is 30.6 Å². The van der Waals surface area contributed by atoms with Crippen LogP contribution in [-0.4, -0.2) is 7.85 Å². The van der Waals surface area contributed by atoms with Crippen LogP contribution in [-0.2, 0) is 0 Å². The second kappa shape index (κ2) is 4.00. The number of fused-ring (bicyclic) bond motifs is 5. The van der Waals surface area contributed by atoms with E-state index in [4.69, 9.17) is 4.42 Å². The molecule has 1 nitrogen and oxygen atoms in total. The van der Waals surface area contributed by atoms with Gasteiger partial charge in [-0.05, 0) is 45.5 Å². The Kier molecular flexibility index (Phi) is 2.39. The molecule has 4 rings (SSSR count). The predicted octanol–water partition coefficient (Wildman–Crippen LogP) is 3.60. The molecule has 0 amide bonds. The number of halogens is 1. The molecule has 0 radical (unpaired) electrons. The van der Waals surface area contributed by atoms with Crippen molar-refractivity contribution in [3.63, 3.8) is 0 Å². The third kappa shape index (κ3) is 1.61. The molecule has 4 aromatic rings. The van der Waals surface area contributed by atoms with Crippen LogP contribution in [0.4, 0.5) is 0 Å². The third-order valence-corrected chi connectivity index (χ3v) is 4.47. The van der Waals surface area contributed by atoms with Gasteiger partial charge in [-0.25, -0.2) is 0 Å². The molecule has 0 saturated carbocycles. The zero-order chi connectivity index (χ0) is 13.0. The highest BCUT2D eigenvalue weighted by Gasteiger charge is 2.12. The number of furan rings is 1. The van der Waals surface area contributed by atoms with E-state index in [2.05, 4.69) is 79.0 Å². The van der Waals surface area contributed by atoms with Crippen molar-refractivity contribution in [3.8, 4) is 0 Å². The van der Waals surface area contributed by atoms with Gasteiger partial charge in [0.15, 0.2) is 0 Å². The third-order valence-electron chi connectivity index (χ3n) is 3.58. The van der Waals surface area contributed by atoms with Crippen LogP contribution in [0.1, 0.15) is 0 Å². The van der Waals surface area contributed by atoms with Crippen molar-refractivity contribution in [2.75, 3.05) is 0 Å². The molecular weight excluding hydrogens is 346 g/mol. The summed E-state index contributed by atoms with van der Waals surface area (Å²) in [5.41, 5.74) is 3.20. The van der Waals surface area contributed by atoms with E-state index in [-0.39, 0.29) is 0 Å². The van der Waals surface area contributed by atoms with Gasteiger partial charge in [0.25, 0.3) is 0 Å². The molecule has 3 heteroatoms. The minimum atomic E-state index is 0.966. The summed E-state index contributed by atoms with van der Waals surface area (Å²) < 4.78 is 7.22. The minimum Gasteiger partial charge on any atom is -0.456 e. The highest BCUT2D eigenvalue weighted by atomic mass is 127. The first kappa shape index (κ1) is 11.4. The van der Waals surface area contributed by atoms with Gasteiger partial charge in [-0.1, -0.05) is 41.9 Å². The lowest BCUT2D eigenvalue weighted by atomic mass is 9.94. The first-order valence-corrected chi connectivity index (χ1v) is 7.32. The van der Waals surface area contributed by atoms with Crippen LogP contribution in [0, 0.1) is 3.57 Å². The summed E-state index contributed by atoms with van der Waals surface area (Å²) in [6, 6.07) is 17.0. The Bertz CT molecular complexity index is 940. The second-order valence-electron chi connectivity index (χ2n) is 4.88. The second-order valence-corrected chi connectivity index (χ2v) is 6.04. The van der Waals surface area contributed by atoms with Crippen molar-refractivity contribution in [1.82, 2.24) is 0 Å². The first-order valence-electron chi connectivity index (χ1n) is 6.24. The predicted molar refractivity (Wildman–Crippen MR) is 92.1 cm³/mol. The molecule has 0 aliphatic carbocycles. The van der Waals surface area contributed by atoms with E-state index in [1.54, 1.807) is 0 Å². The van der Waals surface area contributed by atoms with E-state index >= 15 is 0 Å². The zero-order valence-corrected chi connectivity index (χ0v) is 12.6. The van der Waals surface area contributed by atoms with Crippen molar-refractivity contribution in [1.29, 1.82) is 0 Å². The summed E-state index contributed by atoms with van der Waals surface area (Å²) in [6.07, 6.45) is 0. The van der Waals surface area contributed by atoms with Crippen molar-refractivity contribution >= 4 is 68.6 Å². The van der Waals surface area contributed by atoms with Crippen LogP contribution >= 0.6 is 22.6 Å². The Morgan fingerprint density at radius 2 is 1.63 bits per heavy atom. The van der Waals surface area contributed by atoms with E-state index in [9.17, 15) is 0 Å². The maximum absolute atomic E-state index is 5.99. The van der Waals surface area contributed by atoms with Gasteiger partial charge < -0.3 is 4.42 Å². The smallest absolute Gasteiger partial charge is 0.139 e. The topological polar surface area (TPSA) is 13.1 Å². The van der Waals surface area contributed by atoms with E-state index in [1.807, 2.05) is 0 Å². The van der Waals surface area contributed by atoms with Gasteiger partial charge in [-0.3, -0.25) is 0 Å². The average molecular weight is 356 g/mol. The molecule has 0 saturated heterocycles. The van der Waals surface area contributed by atoms with Crippen molar-refractivity contribution in [3.05, 3.63) is 52.1 Å². The molecule has 0 aliphatic heterocycles. The lowest BCUT2D eigenvalue weighted by Gasteiger charge is -2.02. The summed E-state index contributed by atoms with van der Waals surface area (Å²) in [7, 11) is 2.12. The van der Waals surface area contributed by atoms with Crippen LogP contribution in [0.2, 0.25) is 0 Å². The Labute approximate surface area is 125 Å². The highest BCUT2D eigenvalue weighted by molar-refractivity contribution is 14.1. The summed E-state index contributed by atoms with van der Waals surface area (Å²) in [5.74, 6) is 0. The van der Waals surface area contributed by atoms with Gasteiger partial charge in [0.05, 0.1) is 0 Å². The van der Waals surface area contributed by atoms with Gasteiger partial charge in [-0.2, -0.15) is 0 Å². The summed E-state index contributed by atoms with van der Waals surface area (Å²) in [4.78, 5) is 0. The Morgan fingerprint density at radius 1 is 0.842 bits per heavy atom. The molecule has 0 spiro atoms. The quantitative estimate of drug-likeness (QED) is 0.347. The number of hydrogen-bond acceptors (Lipinski definition) is 1. The summed E-state index contributed by atoms with van der Waals surface area (Å²) in [5, 5.41) is 5.01. The van der Waals surface area contributed by atoms with Crippen LogP contribution < -0.4 is 5.46 Å². The van der Waals surface area contributed by atoms with Gasteiger partial charge in [0, 0.05) is 14.3 Å². The van der Waals surface area contributed by atoms with Gasteiger partial charge >= 0.3 is 0 Å². The molecule has 19 heavy (non-hydrogen) atoms. The lowest BCUT2D eigenvalue weighted by molar-refractivity contribution is 0.669. The Balaban J connectivity index is 2.36. The van der Waals surface area contributed by atoms with Crippen molar-refractivity contribution in [2.24, 2.45) is 0 Å². The monoisotopic (exact) mass is 356 g/mol. The fourth-order valence-electron chi connectivity index (χ4n) is 2.71. The Morgan fingerprint density at radius 3 is 2.47 bits per heavy atom. The van der Waals surface area contributed by atoms with Crippen LogP contribution in [0.3, 0.4) is 0 Å². The summed E-state index contributed by atoms with van der Waals surface area (Å²) in [6.45, 7) is 0. The molecule has 0 N–H and O–H groups in total. The molecule has 0 unspecified atom stereocenters. The van der Waals surface area contributed by atoms with Crippen LogP contribution in [0.15, 0.2) is 52.9 Å². The SMILES string of the molecule is Bc1ccc2oc3cc(I)c4ccccc4c3c2c1. The van der Waals surface area contributed by atoms with Crippen LogP contribution in [0.5, 0.6) is 0 Å². The largest absolute Gasteiger partial charge is 0.456 e. The van der Waals surface area contributed by atoms with E-state index in [0.29, 0.717) is 0 Å². The zero-order valence-electron chi connectivity index (χ0n) is 10.4. The standard InChI is InChI=1S/C16H10BIO/c17-9-5-6-14-12(7-9)16-11-4-2-1-3-10(11)13(18)8-15(16)19-14/h1-8H,17H2. The van der Waals surface area contributed by atoms with Crippen molar-refractivity contribution in [2.45, 2.75) is 0 Å². The molecule has 0 bridgehead atoms. The molecule has 1 aromatic heterocycles. The number of hydrogen-bond donors (Lipinski definition) is 0. The average Bonchev–Trinajstić information content (AvgIpc) is 2.76. The molecule has 1 heterocycles. The molecule has 90 valence electrons. The van der Waals surface area contributed by atoms with Crippen molar-refractivity contribution < 1.29 is 4.42 Å². The maximum atomic E-state index is 5.99. The van der Waals surface area contributed by atoms with Gasteiger partial charge in [0.2, 0.25) is 0 Å². The fourth-order valence-corrected chi connectivity index (χ4v) is 3.47. The van der Waals surface area contributed by atoms with Crippen LogP contribution in [0.25, 0.3) is 32.7 Å². The maximum Gasteiger partial charge on any atom is 0.139 e. The lowest BCUT2D eigenvalue weighted by Crippen LogP contribution is -1.98. The molecule has 0 aliphatic rings. The van der Waals surface area contributed by atoms with E-state index < -0.39 is 0 Å². The first-order chi connectivity index (χ1) is 9.24.